The number of thioether (sulfide) groups is 2. The molecule has 1 saturated heterocycles. The van der Waals surface area contributed by atoms with Crippen molar-refractivity contribution in [2.75, 3.05) is 23.0 Å². The van der Waals surface area contributed by atoms with E-state index in [2.05, 4.69) is 11.9 Å². The van der Waals surface area contributed by atoms with Crippen LogP contribution in [-0.2, 0) is 5.72 Å². The summed E-state index contributed by atoms with van der Waals surface area (Å²) in [5.41, 5.74) is 1.86. The van der Waals surface area contributed by atoms with Gasteiger partial charge in [0.25, 0.3) is 0 Å². The molecule has 0 spiro atoms. The summed E-state index contributed by atoms with van der Waals surface area (Å²) in [6.07, 6.45) is 1.10. The maximum Gasteiger partial charge on any atom is 0.185 e. The van der Waals surface area contributed by atoms with Crippen LogP contribution in [0, 0.1) is 6.92 Å². The number of hydrogen-bond donors (Lipinski definition) is 1. The van der Waals surface area contributed by atoms with E-state index < -0.39 is 5.72 Å². The number of para-hydroxylation sites is 1. The third-order valence-electron chi connectivity index (χ3n) is 4.46. The van der Waals surface area contributed by atoms with Crippen molar-refractivity contribution >= 4 is 39.5 Å². The second-order valence-corrected chi connectivity index (χ2v) is 8.41. The van der Waals surface area contributed by atoms with Crippen LogP contribution >= 0.6 is 23.5 Å². The van der Waals surface area contributed by atoms with Crippen LogP contribution in [0.15, 0.2) is 64.6 Å². The first kappa shape index (κ1) is 17.6. The Kier molecular flexibility index (Phi) is 5.07. The van der Waals surface area contributed by atoms with Crippen molar-refractivity contribution < 1.29 is 5.11 Å². The zero-order valence-electron chi connectivity index (χ0n) is 14.6. The average Bonchev–Trinajstić information content (AvgIpc) is 3.01. The fourth-order valence-electron chi connectivity index (χ4n) is 3.07. The normalized spacial score (nSPS) is 24.8. The predicted molar refractivity (Wildman–Crippen MR) is 113 cm³/mol. The molecule has 2 aliphatic heterocycles. The van der Waals surface area contributed by atoms with E-state index >= 15 is 0 Å². The molecule has 0 saturated carbocycles. The van der Waals surface area contributed by atoms with Gasteiger partial charge in [-0.2, -0.15) is 4.99 Å². The number of rotatable bonds is 2. The van der Waals surface area contributed by atoms with E-state index in [1.807, 2.05) is 59.5 Å². The summed E-state index contributed by atoms with van der Waals surface area (Å²) < 4.78 is 0. The third-order valence-corrected chi connectivity index (χ3v) is 6.51. The molecule has 4 nitrogen and oxygen atoms in total. The molecule has 1 N–H and O–H groups in total. The molecular weight excluding hydrogens is 362 g/mol. The van der Waals surface area contributed by atoms with E-state index in [-0.39, 0.29) is 0 Å². The molecule has 4 rings (SSSR count). The van der Waals surface area contributed by atoms with Gasteiger partial charge in [0.05, 0.1) is 5.75 Å². The minimum absolute atomic E-state index is 0.529. The molecule has 1 atom stereocenters. The number of aliphatic hydroxyl groups is 1. The summed E-state index contributed by atoms with van der Waals surface area (Å²) in [7, 11) is 0. The van der Waals surface area contributed by atoms with Gasteiger partial charge in [0.1, 0.15) is 0 Å². The maximum atomic E-state index is 11.6. The second kappa shape index (κ2) is 7.47. The van der Waals surface area contributed by atoms with E-state index in [1.54, 1.807) is 23.5 Å². The number of amidine groups is 2. The van der Waals surface area contributed by atoms with Crippen LogP contribution < -0.4 is 4.90 Å². The van der Waals surface area contributed by atoms with Gasteiger partial charge in [-0.15, -0.1) is 0 Å². The van der Waals surface area contributed by atoms with Crippen LogP contribution in [0.5, 0.6) is 0 Å². The lowest BCUT2D eigenvalue weighted by molar-refractivity contribution is 0.0768. The van der Waals surface area contributed by atoms with Crippen LogP contribution in [0.1, 0.15) is 17.5 Å². The Hall–Kier alpha value is -1.76. The highest BCUT2D eigenvalue weighted by molar-refractivity contribution is 8.15. The van der Waals surface area contributed by atoms with E-state index in [1.165, 1.54) is 5.56 Å². The molecule has 2 aromatic carbocycles. The van der Waals surface area contributed by atoms with Gasteiger partial charge < -0.3 is 5.11 Å². The Bertz CT molecular complexity index is 836. The standard InChI is InChI=1S/C20H21N3OS2/c1-15-8-10-16(11-9-15)20(24)14-26-19(22-18-21-12-5-13-25-18)23(20)17-6-3-2-4-7-17/h2-4,6-11,24H,5,12-14H2,1H3/b22-19-. The molecule has 0 aromatic heterocycles. The summed E-state index contributed by atoms with van der Waals surface area (Å²) >= 11 is 3.26. The minimum Gasteiger partial charge on any atom is -0.366 e. The molecular formula is C20H21N3OS2. The van der Waals surface area contributed by atoms with Gasteiger partial charge in [-0.25, -0.2) is 0 Å². The molecule has 26 heavy (non-hydrogen) atoms. The topological polar surface area (TPSA) is 48.2 Å². The highest BCUT2D eigenvalue weighted by Gasteiger charge is 2.46. The van der Waals surface area contributed by atoms with Crippen molar-refractivity contribution in [2.24, 2.45) is 9.98 Å². The monoisotopic (exact) mass is 383 g/mol. The molecule has 6 heteroatoms. The summed E-state index contributed by atoms with van der Waals surface area (Å²) in [6.45, 7) is 2.88. The number of aliphatic imine (C=N–C) groups is 2. The van der Waals surface area contributed by atoms with Crippen molar-refractivity contribution in [3.63, 3.8) is 0 Å². The van der Waals surface area contributed by atoms with Gasteiger partial charge in [0.15, 0.2) is 16.1 Å². The molecule has 0 radical (unpaired) electrons. The van der Waals surface area contributed by atoms with Crippen LogP contribution in [-0.4, -0.2) is 33.5 Å². The molecule has 2 aromatic rings. The van der Waals surface area contributed by atoms with E-state index in [0.29, 0.717) is 5.75 Å². The van der Waals surface area contributed by atoms with Crippen molar-refractivity contribution in [3.05, 3.63) is 65.7 Å². The van der Waals surface area contributed by atoms with Crippen LogP contribution in [0.25, 0.3) is 0 Å². The van der Waals surface area contributed by atoms with Crippen LogP contribution in [0.3, 0.4) is 0 Å². The van der Waals surface area contributed by atoms with Crippen molar-refractivity contribution in [1.29, 1.82) is 0 Å². The summed E-state index contributed by atoms with van der Waals surface area (Å²) in [5, 5.41) is 13.3. The Morgan fingerprint density at radius 3 is 2.54 bits per heavy atom. The van der Waals surface area contributed by atoms with Gasteiger partial charge in [0, 0.05) is 23.5 Å². The molecule has 0 bridgehead atoms. The first-order valence-corrected chi connectivity index (χ1v) is 10.7. The lowest BCUT2D eigenvalue weighted by atomic mass is 10.0. The van der Waals surface area contributed by atoms with Gasteiger partial charge in [-0.05, 0) is 25.5 Å². The molecule has 1 unspecified atom stereocenters. The first-order chi connectivity index (χ1) is 12.7. The summed E-state index contributed by atoms with van der Waals surface area (Å²) in [6, 6.07) is 18.1. The molecule has 0 amide bonds. The van der Waals surface area contributed by atoms with Gasteiger partial charge >= 0.3 is 0 Å². The van der Waals surface area contributed by atoms with Crippen molar-refractivity contribution in [2.45, 2.75) is 19.1 Å². The van der Waals surface area contributed by atoms with Crippen LogP contribution in [0.4, 0.5) is 5.69 Å². The molecule has 0 aliphatic carbocycles. The highest BCUT2D eigenvalue weighted by atomic mass is 32.2. The van der Waals surface area contributed by atoms with Crippen LogP contribution in [0.2, 0.25) is 0 Å². The van der Waals surface area contributed by atoms with Gasteiger partial charge in [-0.1, -0.05) is 71.6 Å². The number of hydrogen-bond acceptors (Lipinski definition) is 5. The number of benzene rings is 2. The zero-order valence-corrected chi connectivity index (χ0v) is 16.3. The molecule has 2 aliphatic rings. The highest BCUT2D eigenvalue weighted by Crippen LogP contribution is 2.42. The molecule has 1 fully saturated rings. The fraction of sp³-hybridized carbons (Fsp3) is 0.300. The minimum atomic E-state index is -1.13. The smallest absolute Gasteiger partial charge is 0.185 e. The molecule has 134 valence electrons. The van der Waals surface area contributed by atoms with Gasteiger partial charge in [-0.3, -0.25) is 9.89 Å². The summed E-state index contributed by atoms with van der Waals surface area (Å²) in [4.78, 5) is 11.3. The van der Waals surface area contributed by atoms with E-state index in [9.17, 15) is 5.11 Å². The maximum absolute atomic E-state index is 11.6. The average molecular weight is 384 g/mol. The third kappa shape index (κ3) is 3.41. The fourth-order valence-corrected chi connectivity index (χ4v) is 5.08. The number of anilines is 1. The van der Waals surface area contributed by atoms with Crippen molar-refractivity contribution in [1.82, 2.24) is 0 Å². The SMILES string of the molecule is Cc1ccc(C2(O)CS/C(=N\C3=NCCCS3)N2c2ccccc2)cc1. The largest absolute Gasteiger partial charge is 0.366 e. The van der Waals surface area contributed by atoms with Crippen molar-refractivity contribution in [3.8, 4) is 0 Å². The predicted octanol–water partition coefficient (Wildman–Crippen LogP) is 4.24. The van der Waals surface area contributed by atoms with Gasteiger partial charge in [0.2, 0.25) is 0 Å². The first-order valence-electron chi connectivity index (χ1n) is 8.70. The molecule has 2 heterocycles. The Morgan fingerprint density at radius 2 is 1.85 bits per heavy atom. The Labute approximate surface area is 162 Å². The lowest BCUT2D eigenvalue weighted by Gasteiger charge is -2.34. The lowest BCUT2D eigenvalue weighted by Crippen LogP contribution is -2.45. The number of aryl methyl sites for hydroxylation is 1. The second-order valence-electron chi connectivity index (χ2n) is 6.40. The zero-order chi connectivity index (χ0) is 18.0. The van der Waals surface area contributed by atoms with E-state index in [4.69, 9.17) is 4.99 Å². The van der Waals surface area contributed by atoms with E-state index in [0.717, 1.165) is 40.3 Å². The Morgan fingerprint density at radius 1 is 1.08 bits per heavy atom. The summed E-state index contributed by atoms with van der Waals surface area (Å²) in [5.74, 6) is 1.58. The Balaban J connectivity index is 1.78. The number of nitrogens with zero attached hydrogens (tertiary/aromatic N) is 3. The quantitative estimate of drug-likeness (QED) is 0.843.